The molecule has 7 rings (SSSR count). The summed E-state index contributed by atoms with van der Waals surface area (Å²) in [5, 5.41) is 0. The van der Waals surface area contributed by atoms with Crippen molar-refractivity contribution in [1.29, 1.82) is 0 Å². The lowest BCUT2D eigenvalue weighted by molar-refractivity contribution is 0.0968. The van der Waals surface area contributed by atoms with E-state index in [1.165, 1.54) is 38.5 Å². The SMILES string of the molecule is CCCCCCCCCOc1c(OCc2ccccc2)c(OCc2ccccc2)cc2c1C(=O)c1cc(OCc3ccccc3)c(OCc3ccccc3)c(OCCCCCCCCC)c1C2=O. The number of ketones is 2. The minimum Gasteiger partial charge on any atom is -0.489 e. The van der Waals surface area contributed by atoms with Gasteiger partial charge in [-0.05, 0) is 47.2 Å². The Kier molecular flexibility index (Phi) is 19.4. The number of benzene rings is 6. The van der Waals surface area contributed by atoms with Gasteiger partial charge < -0.3 is 28.4 Å². The van der Waals surface area contributed by atoms with Gasteiger partial charge in [-0.3, -0.25) is 9.59 Å². The van der Waals surface area contributed by atoms with Gasteiger partial charge in [-0.2, -0.15) is 0 Å². The molecule has 0 spiro atoms. The van der Waals surface area contributed by atoms with E-state index in [4.69, 9.17) is 28.4 Å². The van der Waals surface area contributed by atoms with Crippen LogP contribution in [0, 0.1) is 0 Å². The van der Waals surface area contributed by atoms with Crippen LogP contribution in [0.4, 0.5) is 0 Å². The first-order valence-electron chi connectivity index (χ1n) is 25.0. The zero-order chi connectivity index (χ0) is 47.2. The lowest BCUT2D eigenvalue weighted by Gasteiger charge is -2.27. The topological polar surface area (TPSA) is 89.5 Å². The monoisotopic (exact) mass is 916 g/mol. The number of carbonyl (C=O) groups excluding carboxylic acids is 2. The molecule has 0 unspecified atom stereocenters. The number of carbonyl (C=O) groups is 2. The van der Waals surface area contributed by atoms with Gasteiger partial charge in [-0.15, -0.1) is 0 Å². The van der Waals surface area contributed by atoms with Crippen LogP contribution in [0.25, 0.3) is 0 Å². The Morgan fingerprint density at radius 1 is 0.324 bits per heavy atom. The lowest BCUT2D eigenvalue weighted by Crippen LogP contribution is -2.25. The van der Waals surface area contributed by atoms with E-state index in [2.05, 4.69) is 13.8 Å². The van der Waals surface area contributed by atoms with E-state index in [1.54, 1.807) is 12.1 Å². The Balaban J connectivity index is 1.33. The maximum Gasteiger partial charge on any atom is 0.204 e. The van der Waals surface area contributed by atoms with Gasteiger partial charge in [0.2, 0.25) is 11.5 Å². The summed E-state index contributed by atoms with van der Waals surface area (Å²) in [5.74, 6) is 0.737. The molecule has 0 bridgehead atoms. The first-order chi connectivity index (χ1) is 33.6. The molecule has 0 atom stereocenters. The van der Waals surface area contributed by atoms with Crippen molar-refractivity contribution in [3.05, 3.63) is 178 Å². The zero-order valence-corrected chi connectivity index (χ0v) is 40.1. The van der Waals surface area contributed by atoms with E-state index in [0.29, 0.717) is 24.7 Å². The average molecular weight is 917 g/mol. The highest BCUT2D eigenvalue weighted by atomic mass is 16.5. The molecule has 0 aliphatic heterocycles. The molecular weight excluding hydrogens is 849 g/mol. The zero-order valence-electron chi connectivity index (χ0n) is 40.1. The maximum atomic E-state index is 15.5. The molecule has 0 saturated heterocycles. The highest BCUT2D eigenvalue weighted by Crippen LogP contribution is 2.51. The summed E-state index contributed by atoms with van der Waals surface area (Å²) in [5.41, 5.74) is 4.28. The lowest BCUT2D eigenvalue weighted by atomic mass is 9.82. The Morgan fingerprint density at radius 2 is 0.618 bits per heavy atom. The standard InChI is InChI=1S/C60H68O8/c1-3-5-7-9-11-13-27-37-63-59-53-49(39-51(65-41-45-29-19-15-20-30-45)57(59)67-43-47-33-23-17-24-34-47)56(62)54-50(55(53)61)40-52(66-42-46-31-21-16-22-32-46)58(68-44-48-35-25-18-26-36-48)60(54)64-38-28-14-12-10-8-6-4-2/h15-26,29-36,39-40H,3-14,27-28,37-38,41-44H2,1-2H3. The fourth-order valence-corrected chi connectivity index (χ4v) is 8.47. The van der Waals surface area contributed by atoms with Gasteiger partial charge in [0.25, 0.3) is 0 Å². The quantitative estimate of drug-likeness (QED) is 0.0412. The second kappa shape index (κ2) is 26.7. The molecule has 356 valence electrons. The molecule has 68 heavy (non-hydrogen) atoms. The van der Waals surface area contributed by atoms with Crippen LogP contribution in [-0.4, -0.2) is 24.8 Å². The van der Waals surface area contributed by atoms with E-state index in [1.807, 2.05) is 121 Å². The van der Waals surface area contributed by atoms with Crippen molar-refractivity contribution in [2.75, 3.05) is 13.2 Å². The van der Waals surface area contributed by atoms with Crippen LogP contribution in [0.15, 0.2) is 133 Å². The fourth-order valence-electron chi connectivity index (χ4n) is 8.47. The molecule has 6 aromatic carbocycles. The fraction of sp³-hybridized carbons (Fsp3) is 0.367. The van der Waals surface area contributed by atoms with Crippen LogP contribution in [0.5, 0.6) is 34.5 Å². The second-order valence-electron chi connectivity index (χ2n) is 17.6. The minimum absolute atomic E-state index is 0.130. The van der Waals surface area contributed by atoms with E-state index < -0.39 is 11.6 Å². The molecule has 8 nitrogen and oxygen atoms in total. The van der Waals surface area contributed by atoms with E-state index in [-0.39, 0.29) is 71.7 Å². The number of hydrogen-bond donors (Lipinski definition) is 0. The Bertz CT molecular complexity index is 2290. The molecule has 0 amide bonds. The first-order valence-corrected chi connectivity index (χ1v) is 25.0. The number of fused-ring (bicyclic) bond motifs is 2. The van der Waals surface area contributed by atoms with E-state index >= 15 is 9.59 Å². The highest BCUT2D eigenvalue weighted by Gasteiger charge is 2.41. The molecular formula is C60H68O8. The second-order valence-corrected chi connectivity index (χ2v) is 17.6. The largest absolute Gasteiger partial charge is 0.489 e. The normalized spacial score (nSPS) is 11.7. The molecule has 6 aromatic rings. The molecule has 0 saturated carbocycles. The third kappa shape index (κ3) is 13.8. The van der Waals surface area contributed by atoms with Gasteiger partial charge in [0.15, 0.2) is 34.6 Å². The smallest absolute Gasteiger partial charge is 0.204 e. The van der Waals surface area contributed by atoms with Gasteiger partial charge in [0.1, 0.15) is 26.4 Å². The van der Waals surface area contributed by atoms with Crippen LogP contribution in [0.3, 0.4) is 0 Å². The Labute approximate surface area is 403 Å². The molecule has 0 heterocycles. The summed E-state index contributed by atoms with van der Waals surface area (Å²) in [6.45, 7) is 5.85. The first kappa shape index (κ1) is 49.4. The molecule has 0 N–H and O–H groups in total. The summed E-state index contributed by atoms with van der Waals surface area (Å²) in [6.07, 6.45) is 15.2. The maximum absolute atomic E-state index is 15.5. The number of hydrogen-bond acceptors (Lipinski definition) is 8. The van der Waals surface area contributed by atoms with Crippen molar-refractivity contribution in [3.63, 3.8) is 0 Å². The van der Waals surface area contributed by atoms with Crippen LogP contribution in [-0.2, 0) is 26.4 Å². The van der Waals surface area contributed by atoms with E-state index in [0.717, 1.165) is 73.6 Å². The van der Waals surface area contributed by atoms with Crippen molar-refractivity contribution in [2.24, 2.45) is 0 Å². The van der Waals surface area contributed by atoms with Crippen molar-refractivity contribution < 1.29 is 38.0 Å². The van der Waals surface area contributed by atoms with Gasteiger partial charge >= 0.3 is 0 Å². The van der Waals surface area contributed by atoms with Crippen LogP contribution in [0.2, 0.25) is 0 Å². The average Bonchev–Trinajstić information content (AvgIpc) is 3.38. The van der Waals surface area contributed by atoms with Gasteiger partial charge in [-0.25, -0.2) is 0 Å². The molecule has 0 radical (unpaired) electrons. The summed E-state index contributed by atoms with van der Waals surface area (Å²) in [6, 6.07) is 42.6. The minimum atomic E-state index is -0.400. The third-order valence-electron chi connectivity index (χ3n) is 12.3. The predicted molar refractivity (Wildman–Crippen MR) is 270 cm³/mol. The summed E-state index contributed by atoms with van der Waals surface area (Å²) in [7, 11) is 0. The summed E-state index contributed by atoms with van der Waals surface area (Å²) >= 11 is 0. The van der Waals surface area contributed by atoms with Crippen molar-refractivity contribution in [1.82, 2.24) is 0 Å². The number of rotatable bonds is 30. The van der Waals surface area contributed by atoms with Gasteiger partial charge in [0, 0.05) is 11.1 Å². The molecule has 1 aliphatic carbocycles. The van der Waals surface area contributed by atoms with Crippen LogP contribution >= 0.6 is 0 Å². The summed E-state index contributed by atoms with van der Waals surface area (Å²) in [4.78, 5) is 31.0. The molecule has 8 heteroatoms. The number of ether oxygens (including phenoxy) is 6. The molecule has 1 aliphatic rings. The third-order valence-corrected chi connectivity index (χ3v) is 12.3. The van der Waals surface area contributed by atoms with Crippen LogP contribution in [0.1, 0.15) is 158 Å². The molecule has 0 fully saturated rings. The predicted octanol–water partition coefficient (Wildman–Crippen LogP) is 15.0. The van der Waals surface area contributed by atoms with Crippen molar-refractivity contribution in [2.45, 2.75) is 130 Å². The highest BCUT2D eigenvalue weighted by molar-refractivity contribution is 6.31. The van der Waals surface area contributed by atoms with Gasteiger partial charge in [0.05, 0.1) is 24.3 Å². The summed E-state index contributed by atoms with van der Waals surface area (Å²) < 4.78 is 39.9. The Hall–Kier alpha value is -6.54. The van der Waals surface area contributed by atoms with Crippen molar-refractivity contribution in [3.8, 4) is 34.5 Å². The van der Waals surface area contributed by atoms with Crippen molar-refractivity contribution >= 4 is 11.6 Å². The molecule has 0 aromatic heterocycles. The number of unbranched alkanes of at least 4 members (excludes halogenated alkanes) is 12. The van der Waals surface area contributed by atoms with E-state index in [9.17, 15) is 0 Å². The van der Waals surface area contributed by atoms with Gasteiger partial charge in [-0.1, -0.05) is 212 Å². The Morgan fingerprint density at radius 3 is 0.941 bits per heavy atom. The van der Waals surface area contributed by atoms with Crippen LogP contribution < -0.4 is 28.4 Å².